The fourth-order valence-corrected chi connectivity index (χ4v) is 14.1. The molecule has 4 aliphatic carbocycles. The van der Waals surface area contributed by atoms with E-state index in [2.05, 4.69) is 203 Å². The first-order valence-corrected chi connectivity index (χ1v) is 37.7. The monoisotopic (exact) mass is 1470 g/mol. The van der Waals surface area contributed by atoms with Crippen LogP contribution in [0.25, 0.3) is 0 Å². The van der Waals surface area contributed by atoms with Gasteiger partial charge >= 0.3 is 0 Å². The molecule has 12 rings (SSSR count). The molecule has 8 aromatic heterocycles. The maximum atomic E-state index is 10.1. The molecule has 0 aliphatic heterocycles. The Morgan fingerprint density at radius 2 is 0.925 bits per heavy atom. The SMILES string of the molecule is C[C@H]1CC[C@@H](Nc2nc(NCCc3ccco3)ncc2C#N)CC1(C)C.Cc1ccn(CCNc2ncc(C#N)c(N[C@@H]3CC[C@H](C)C(C)(C)C3)n2)n1.Cc1ccnn1CCNc1ncc(C#N)c(N[C@@H]2CC[C@H](O)C(C)(C)C2)n1.Cc1nc(CCNc2ncc(C#N)c(N[C@@H]3CC[C@H](C)C(C)(C)C3)n2)no1.[HH].[HH].[HH].[HH]. The van der Waals surface area contributed by atoms with E-state index in [1.165, 1.54) is 19.3 Å². The summed E-state index contributed by atoms with van der Waals surface area (Å²) in [6, 6.07) is 17.6. The molecular formula is C78H118N26O3. The standard InChI is InChI=1S/C20H29N7.C20H27N5O.2C19H27N7O.4H2/c1-14-5-6-17(11-20(14,3)4)24-18-16(12-21)13-23-19(25-18)22-8-10-27-9-7-15(2)26-27;1-14-6-7-16(11-20(14,2)3)24-18-15(12-21)13-23-19(25-18)22-9-8-17-5-4-10-26-17;1-12-5-6-15(9-19(12,3)4)24-17-14(10-20)11-22-18(25-17)21-8-7-16-23-13(2)27-26-16;1-13-6-7-23-26(13)9-8-21-18-22-12-14(11-20)17(25-18)24-15-4-5-16(27)19(2,3)10-15;;;;/h7,9,13-14,17H,5-6,8,10-11H2,1-4H3,(H2,22,23,24,25);4-5,10,13-14,16H,6-9,11H2,1-3H3,(H2,22,23,24,25);11-12,15H,5-9H2,1-4H3,(H2,21,22,24,25);6-7,12,15-16,27H,4-5,8-10H2,1-3H3,(H2,21,22,24,25);4*1H/t14-,17+;14-,16+;12-,15+;15-,16+;;;;/m0001..../s1. The highest BCUT2D eigenvalue weighted by Gasteiger charge is 2.38. The van der Waals surface area contributed by atoms with E-state index in [-0.39, 0.29) is 28.7 Å². The third-order valence-electron chi connectivity index (χ3n) is 22.0. The van der Waals surface area contributed by atoms with E-state index in [0.717, 1.165) is 87.9 Å². The Bertz CT molecular complexity index is 4210. The van der Waals surface area contributed by atoms with Crippen molar-refractivity contribution in [3.8, 4) is 24.3 Å². The van der Waals surface area contributed by atoms with Crippen LogP contribution >= 0.6 is 0 Å². The van der Waals surface area contributed by atoms with Crippen molar-refractivity contribution < 1.29 is 19.8 Å². The van der Waals surface area contributed by atoms with Crippen LogP contribution < -0.4 is 42.5 Å². The first kappa shape index (κ1) is 80.6. The number of aromatic nitrogens is 14. The number of nitriles is 4. The molecule has 4 aliphatic rings. The minimum absolute atomic E-state index is 0. The molecule has 8 aromatic rings. The maximum Gasteiger partial charge on any atom is 0.224 e. The van der Waals surface area contributed by atoms with Crippen LogP contribution in [0.2, 0.25) is 0 Å². The molecule has 0 saturated heterocycles. The van der Waals surface area contributed by atoms with Gasteiger partial charge in [0, 0.05) is 93.9 Å². The highest BCUT2D eigenvalue weighted by Crippen LogP contribution is 2.44. The molecular weight excluding hydrogens is 1350 g/mol. The number of rotatable bonds is 24. The normalized spacial score (nSPS) is 21.5. The van der Waals surface area contributed by atoms with Gasteiger partial charge in [0.1, 0.15) is 75.6 Å². The van der Waals surface area contributed by atoms with Gasteiger partial charge in [-0.1, -0.05) is 81.3 Å². The Balaban J connectivity index is 0.000000262. The van der Waals surface area contributed by atoms with Gasteiger partial charge in [0.2, 0.25) is 29.7 Å². The summed E-state index contributed by atoms with van der Waals surface area (Å²) in [5.41, 5.74) is 4.66. The van der Waals surface area contributed by atoms with Crippen molar-refractivity contribution in [3.05, 3.63) is 119 Å². The molecule has 4 fully saturated rings. The predicted molar refractivity (Wildman–Crippen MR) is 422 cm³/mol. The lowest BCUT2D eigenvalue weighted by Gasteiger charge is -2.41. The molecule has 0 amide bonds. The number of nitrogens with one attached hydrogen (secondary N) is 8. The Hall–Kier alpha value is -10.5. The second-order valence-corrected chi connectivity index (χ2v) is 31.9. The largest absolute Gasteiger partial charge is 0.469 e. The summed E-state index contributed by atoms with van der Waals surface area (Å²) in [5, 5.41) is 86.8. The zero-order valence-electron chi connectivity index (χ0n) is 64.9. The summed E-state index contributed by atoms with van der Waals surface area (Å²) >= 11 is 0. The van der Waals surface area contributed by atoms with Gasteiger partial charge in [-0.25, -0.2) is 19.9 Å². The molecule has 4 saturated carbocycles. The van der Waals surface area contributed by atoms with Gasteiger partial charge in [-0.2, -0.15) is 56.2 Å². The van der Waals surface area contributed by atoms with Crippen molar-refractivity contribution in [3.63, 3.8) is 0 Å². The summed E-state index contributed by atoms with van der Waals surface area (Å²) in [5.74, 6) is 8.65. The number of aliphatic hydroxyl groups excluding tert-OH is 1. The maximum absolute atomic E-state index is 10.1. The number of aryl methyl sites for hydroxylation is 3. The van der Waals surface area contributed by atoms with Crippen molar-refractivity contribution >= 4 is 47.1 Å². The summed E-state index contributed by atoms with van der Waals surface area (Å²) in [6.07, 6.45) is 25.2. The molecule has 0 spiro atoms. The van der Waals surface area contributed by atoms with E-state index < -0.39 is 0 Å². The van der Waals surface area contributed by atoms with E-state index in [1.54, 1.807) is 44.2 Å². The third kappa shape index (κ3) is 23.5. The Kier molecular flexibility index (Phi) is 28.0. The number of hydrogen-bond donors (Lipinski definition) is 9. The van der Waals surface area contributed by atoms with Crippen molar-refractivity contribution in [2.24, 2.45) is 39.4 Å². The second-order valence-electron chi connectivity index (χ2n) is 31.9. The minimum atomic E-state index is -0.292. The van der Waals surface area contributed by atoms with E-state index in [1.807, 2.05) is 53.7 Å². The number of anilines is 8. The van der Waals surface area contributed by atoms with E-state index in [4.69, 9.17) is 8.94 Å². The van der Waals surface area contributed by atoms with Crippen LogP contribution in [0.4, 0.5) is 47.1 Å². The van der Waals surface area contributed by atoms with Gasteiger partial charge in [-0.3, -0.25) is 9.36 Å². The van der Waals surface area contributed by atoms with Crippen LogP contribution in [0.1, 0.15) is 210 Å². The molecule has 8 atom stereocenters. The van der Waals surface area contributed by atoms with Crippen LogP contribution in [0.15, 0.2) is 76.6 Å². The molecule has 9 N–H and O–H groups in total. The number of furan rings is 1. The van der Waals surface area contributed by atoms with Crippen LogP contribution in [-0.4, -0.2) is 131 Å². The first-order valence-electron chi connectivity index (χ1n) is 37.7. The lowest BCUT2D eigenvalue weighted by Crippen LogP contribution is -2.41. The average Bonchev–Trinajstić information content (AvgIpc) is 0.924. The fourth-order valence-electron chi connectivity index (χ4n) is 14.1. The third-order valence-corrected chi connectivity index (χ3v) is 22.0. The topological polar surface area (TPSA) is 402 Å². The molecule has 0 aromatic carbocycles. The highest BCUT2D eigenvalue weighted by molar-refractivity contribution is 5.57. The first-order chi connectivity index (χ1) is 51.1. The average molecular weight is 1470 g/mol. The van der Waals surface area contributed by atoms with Crippen molar-refractivity contribution in [1.82, 2.24) is 69.6 Å². The van der Waals surface area contributed by atoms with Gasteiger partial charge in [-0.15, -0.1) is 0 Å². The molecule has 8 heterocycles. The second kappa shape index (κ2) is 37.1. The van der Waals surface area contributed by atoms with Gasteiger partial charge < -0.3 is 56.6 Å². The van der Waals surface area contributed by atoms with Gasteiger partial charge in [0.15, 0.2) is 5.82 Å². The summed E-state index contributed by atoms with van der Waals surface area (Å²) in [7, 11) is 0. The summed E-state index contributed by atoms with van der Waals surface area (Å²) in [4.78, 5) is 39.3. The number of hydrogen-bond acceptors (Lipinski definition) is 27. The minimum Gasteiger partial charge on any atom is -0.469 e. The van der Waals surface area contributed by atoms with Gasteiger partial charge in [-0.05, 0) is 155 Å². The molecule has 29 nitrogen and oxygen atoms in total. The van der Waals surface area contributed by atoms with Gasteiger partial charge in [0.05, 0.1) is 55.9 Å². The lowest BCUT2D eigenvalue weighted by molar-refractivity contribution is 0.00926. The lowest BCUT2D eigenvalue weighted by atomic mass is 9.68. The van der Waals surface area contributed by atoms with E-state index in [0.29, 0.717) is 167 Å². The molecule has 0 bridgehead atoms. The molecule has 0 unspecified atom stereocenters. The van der Waals surface area contributed by atoms with Crippen molar-refractivity contribution in [1.29, 1.82) is 21.0 Å². The quantitative estimate of drug-likeness (QED) is 0.0271. The number of aliphatic hydroxyl groups is 1. The van der Waals surface area contributed by atoms with Crippen LogP contribution in [0.3, 0.4) is 0 Å². The molecule has 0 radical (unpaired) electrons. The number of nitrogens with zero attached hydrogens (tertiary/aromatic N) is 18. The molecule has 107 heavy (non-hydrogen) atoms. The fraction of sp³-hybridized carbons (Fsp3) is 0.590. The zero-order chi connectivity index (χ0) is 76.9. The zero-order valence-corrected chi connectivity index (χ0v) is 64.9. The molecule has 578 valence electrons. The van der Waals surface area contributed by atoms with Crippen LogP contribution in [0, 0.1) is 106 Å². The van der Waals surface area contributed by atoms with Crippen molar-refractivity contribution in [2.45, 2.75) is 230 Å². The van der Waals surface area contributed by atoms with Crippen LogP contribution in [-0.2, 0) is 25.9 Å². The van der Waals surface area contributed by atoms with Crippen molar-refractivity contribution in [2.75, 3.05) is 68.7 Å². The summed E-state index contributed by atoms with van der Waals surface area (Å²) < 4.78 is 14.1. The highest BCUT2D eigenvalue weighted by atomic mass is 16.5. The Morgan fingerprint density at radius 3 is 1.28 bits per heavy atom. The smallest absolute Gasteiger partial charge is 0.224 e. The summed E-state index contributed by atoms with van der Waals surface area (Å²) in [6.45, 7) is 34.7. The Labute approximate surface area is 636 Å². The predicted octanol–water partition coefficient (Wildman–Crippen LogP) is 14.4. The van der Waals surface area contributed by atoms with E-state index >= 15 is 0 Å². The van der Waals surface area contributed by atoms with Gasteiger partial charge in [0.25, 0.3) is 0 Å². The van der Waals surface area contributed by atoms with E-state index in [9.17, 15) is 26.2 Å². The van der Waals surface area contributed by atoms with Crippen LogP contribution in [0.5, 0.6) is 0 Å². The molecule has 29 heteroatoms. The Morgan fingerprint density at radius 1 is 0.514 bits per heavy atom.